The molecular weight excluding hydrogens is 434 g/mol. The third-order valence-electron chi connectivity index (χ3n) is 2.72. The van der Waals surface area contributed by atoms with Crippen LogP contribution in [-0.4, -0.2) is 31.8 Å². The maximum atomic E-state index is 12.3. The summed E-state index contributed by atoms with van der Waals surface area (Å²) in [6, 6.07) is 5.07. The molecule has 0 saturated heterocycles. The normalized spacial score (nSPS) is 11.2. The van der Waals surface area contributed by atoms with E-state index in [1.807, 2.05) is 6.92 Å². The van der Waals surface area contributed by atoms with Crippen LogP contribution in [0.5, 0.6) is 5.75 Å². The number of guanidine groups is 1. The van der Waals surface area contributed by atoms with Gasteiger partial charge in [-0.25, -0.2) is 4.99 Å². The van der Waals surface area contributed by atoms with Crippen LogP contribution in [0.1, 0.15) is 18.1 Å². The van der Waals surface area contributed by atoms with Gasteiger partial charge in [-0.05, 0) is 25.5 Å². The minimum absolute atomic E-state index is 0. The number of alkyl halides is 3. The number of aliphatic imine (C=N–C) groups is 1. The van der Waals surface area contributed by atoms with Gasteiger partial charge in [-0.3, -0.25) is 0 Å². The molecule has 0 spiro atoms. The first-order chi connectivity index (χ1) is 10.9. The number of hydrogen-bond acceptors (Lipinski definition) is 2. The second kappa shape index (κ2) is 11.0. The highest BCUT2D eigenvalue weighted by molar-refractivity contribution is 14.0. The molecule has 0 fully saturated rings. The molecule has 1 rings (SSSR count). The number of terminal acetylenes is 1. The smallest absolute Gasteiger partial charge is 0.422 e. The Morgan fingerprint density at radius 1 is 1.33 bits per heavy atom. The molecule has 0 unspecified atom stereocenters. The topological polar surface area (TPSA) is 45.7 Å². The summed E-state index contributed by atoms with van der Waals surface area (Å²) in [5.74, 6) is 3.10. The number of rotatable bonds is 6. The second-order valence-corrected chi connectivity index (χ2v) is 4.77. The summed E-state index contributed by atoms with van der Waals surface area (Å²) in [6.45, 7) is 3.47. The van der Waals surface area contributed by atoms with Gasteiger partial charge in [0, 0.05) is 12.1 Å². The Bertz CT molecular complexity index is 583. The predicted octanol–water partition coefficient (Wildman–Crippen LogP) is 3.24. The van der Waals surface area contributed by atoms with Gasteiger partial charge < -0.3 is 15.4 Å². The van der Waals surface area contributed by atoms with Gasteiger partial charge in [-0.1, -0.05) is 18.1 Å². The number of aryl methyl sites for hydroxylation is 1. The highest BCUT2D eigenvalue weighted by Crippen LogP contribution is 2.24. The molecule has 8 heteroatoms. The first-order valence-corrected chi connectivity index (χ1v) is 7.10. The van der Waals surface area contributed by atoms with Crippen molar-refractivity contribution in [2.45, 2.75) is 26.6 Å². The Morgan fingerprint density at radius 3 is 2.62 bits per heavy atom. The quantitative estimate of drug-likeness (QED) is 0.300. The van der Waals surface area contributed by atoms with Crippen molar-refractivity contribution < 1.29 is 17.9 Å². The summed E-state index contributed by atoms with van der Waals surface area (Å²) < 4.78 is 41.9. The number of nitrogens with zero attached hydrogens (tertiary/aromatic N) is 1. The zero-order valence-electron chi connectivity index (χ0n) is 13.5. The summed E-state index contributed by atoms with van der Waals surface area (Å²) in [5, 5.41) is 5.91. The molecule has 0 bridgehead atoms. The Morgan fingerprint density at radius 2 is 2.04 bits per heavy atom. The first kappa shape index (κ1) is 22.4. The molecule has 4 nitrogen and oxygen atoms in total. The van der Waals surface area contributed by atoms with Crippen LogP contribution in [-0.2, 0) is 6.54 Å². The lowest BCUT2D eigenvalue weighted by Gasteiger charge is -2.14. The standard InChI is InChI=1S/C16H20F3N3O.HI/c1-4-8-21-15(20-5-2)22-10-13-7-6-12(3)9-14(13)23-11-16(17,18)19;/h1,6-7,9H,5,8,10-11H2,2-3H3,(H2,20,21,22);1H. The summed E-state index contributed by atoms with van der Waals surface area (Å²) in [6.07, 6.45) is 0.798. The fourth-order valence-electron chi connectivity index (χ4n) is 1.73. The molecule has 0 radical (unpaired) electrons. The van der Waals surface area contributed by atoms with Crippen LogP contribution in [0.15, 0.2) is 23.2 Å². The van der Waals surface area contributed by atoms with Gasteiger partial charge in [0.05, 0.1) is 13.1 Å². The van der Waals surface area contributed by atoms with Gasteiger partial charge in [0.15, 0.2) is 12.6 Å². The van der Waals surface area contributed by atoms with E-state index < -0.39 is 12.8 Å². The third kappa shape index (κ3) is 8.86. The highest BCUT2D eigenvalue weighted by Gasteiger charge is 2.28. The Hall–Kier alpha value is -1.63. The van der Waals surface area contributed by atoms with Gasteiger partial charge in [0.1, 0.15) is 5.75 Å². The van der Waals surface area contributed by atoms with Crippen molar-refractivity contribution in [3.05, 3.63) is 29.3 Å². The number of halogens is 4. The average molecular weight is 455 g/mol. The molecule has 0 aliphatic carbocycles. The molecule has 2 N–H and O–H groups in total. The summed E-state index contributed by atoms with van der Waals surface area (Å²) in [7, 11) is 0. The Labute approximate surface area is 157 Å². The van der Waals surface area contributed by atoms with E-state index in [0.717, 1.165) is 5.56 Å². The van der Waals surface area contributed by atoms with E-state index in [0.29, 0.717) is 24.6 Å². The largest absolute Gasteiger partial charge is 0.484 e. The van der Waals surface area contributed by atoms with E-state index in [-0.39, 0.29) is 36.3 Å². The predicted molar refractivity (Wildman–Crippen MR) is 99.8 cm³/mol. The fraction of sp³-hybridized carbons (Fsp3) is 0.438. The molecule has 1 aromatic rings. The first-order valence-electron chi connectivity index (χ1n) is 7.10. The summed E-state index contributed by atoms with van der Waals surface area (Å²) in [4.78, 5) is 4.29. The van der Waals surface area contributed by atoms with Gasteiger partial charge in [-0.15, -0.1) is 30.4 Å². The van der Waals surface area contributed by atoms with Gasteiger partial charge >= 0.3 is 6.18 Å². The SMILES string of the molecule is C#CCNC(=NCc1ccc(C)cc1OCC(F)(F)F)NCC.I. The van der Waals surface area contributed by atoms with Crippen molar-refractivity contribution in [3.63, 3.8) is 0 Å². The van der Waals surface area contributed by atoms with Crippen LogP contribution < -0.4 is 15.4 Å². The highest BCUT2D eigenvalue weighted by atomic mass is 127. The number of ether oxygens (including phenoxy) is 1. The van der Waals surface area contributed by atoms with E-state index in [9.17, 15) is 13.2 Å². The lowest BCUT2D eigenvalue weighted by atomic mass is 10.1. The van der Waals surface area contributed by atoms with Crippen LogP contribution in [0, 0.1) is 19.3 Å². The van der Waals surface area contributed by atoms with Gasteiger partial charge in [-0.2, -0.15) is 13.2 Å². The minimum atomic E-state index is -4.38. The van der Waals surface area contributed by atoms with E-state index >= 15 is 0 Å². The lowest BCUT2D eigenvalue weighted by molar-refractivity contribution is -0.153. The van der Waals surface area contributed by atoms with E-state index in [1.54, 1.807) is 25.1 Å². The van der Waals surface area contributed by atoms with E-state index in [2.05, 4.69) is 21.5 Å². The molecular formula is C16H21F3IN3O. The molecule has 0 amide bonds. The zero-order valence-corrected chi connectivity index (χ0v) is 15.9. The molecule has 0 aliphatic heterocycles. The Balaban J connectivity index is 0.00000529. The molecule has 0 atom stereocenters. The van der Waals surface area contributed by atoms with Crippen LogP contribution in [0.3, 0.4) is 0 Å². The van der Waals surface area contributed by atoms with Crippen molar-refractivity contribution in [3.8, 4) is 18.1 Å². The summed E-state index contributed by atoms with van der Waals surface area (Å²) in [5.41, 5.74) is 1.38. The molecule has 0 saturated carbocycles. The van der Waals surface area contributed by atoms with E-state index in [1.165, 1.54) is 0 Å². The number of hydrogen-bond donors (Lipinski definition) is 2. The lowest BCUT2D eigenvalue weighted by Crippen LogP contribution is -2.37. The zero-order chi connectivity index (χ0) is 17.3. The van der Waals surface area contributed by atoms with Crippen LogP contribution in [0.2, 0.25) is 0 Å². The Kier molecular flexibility index (Phi) is 10.3. The van der Waals surface area contributed by atoms with Crippen molar-refractivity contribution in [1.29, 1.82) is 0 Å². The van der Waals surface area contributed by atoms with Gasteiger partial charge in [0.25, 0.3) is 0 Å². The van der Waals surface area contributed by atoms with E-state index in [4.69, 9.17) is 11.2 Å². The molecule has 0 heterocycles. The van der Waals surface area contributed by atoms with Gasteiger partial charge in [0.2, 0.25) is 0 Å². The number of nitrogens with one attached hydrogen (secondary N) is 2. The number of benzene rings is 1. The molecule has 0 aromatic heterocycles. The van der Waals surface area contributed by atoms with Crippen molar-refractivity contribution in [2.24, 2.45) is 4.99 Å². The van der Waals surface area contributed by atoms with Crippen molar-refractivity contribution >= 4 is 29.9 Å². The summed E-state index contributed by atoms with van der Waals surface area (Å²) >= 11 is 0. The molecule has 0 aliphatic rings. The van der Waals surface area contributed by atoms with Crippen LogP contribution >= 0.6 is 24.0 Å². The van der Waals surface area contributed by atoms with Crippen molar-refractivity contribution in [1.82, 2.24) is 10.6 Å². The second-order valence-electron chi connectivity index (χ2n) is 4.77. The van der Waals surface area contributed by atoms with Crippen LogP contribution in [0.25, 0.3) is 0 Å². The monoisotopic (exact) mass is 455 g/mol. The third-order valence-corrected chi connectivity index (χ3v) is 2.72. The maximum absolute atomic E-state index is 12.3. The maximum Gasteiger partial charge on any atom is 0.422 e. The molecule has 1 aromatic carbocycles. The molecule has 134 valence electrons. The minimum Gasteiger partial charge on any atom is -0.484 e. The van der Waals surface area contributed by atoms with Crippen molar-refractivity contribution in [2.75, 3.05) is 19.7 Å². The molecule has 24 heavy (non-hydrogen) atoms. The van der Waals surface area contributed by atoms with Crippen LogP contribution in [0.4, 0.5) is 13.2 Å². The fourth-order valence-corrected chi connectivity index (χ4v) is 1.73. The average Bonchev–Trinajstić information content (AvgIpc) is 2.48.